The summed E-state index contributed by atoms with van der Waals surface area (Å²) in [6, 6.07) is 0. The minimum Gasteiger partial charge on any atom is -0.462 e. The number of fused-ring (bicyclic) bond motifs is 5. The Bertz CT molecular complexity index is 857. The molecule has 4 rings (SSSR count). The van der Waals surface area contributed by atoms with E-state index in [0.717, 1.165) is 38.0 Å². The van der Waals surface area contributed by atoms with E-state index in [1.807, 2.05) is 13.8 Å². The molecule has 4 aliphatic carbocycles. The summed E-state index contributed by atoms with van der Waals surface area (Å²) in [7, 11) is 0. The van der Waals surface area contributed by atoms with Gasteiger partial charge in [-0.15, -0.1) is 0 Å². The average Bonchev–Trinajstić information content (AvgIpc) is 3.10. The Hall–Kier alpha value is -1.58. The standard InChI is InChI=1S/C29H45NO3/c1-17(2)26(30)16-27(32)18(3)23-9-10-24-22-8-7-20-15-21(33-19(4)31)11-13-28(20,5)25(22)12-14-29(23,24)6/h7,16-18,21-25H,8-15,30H2,1-6H3/b26-16-/t18-,21+,22-,23+,24-,25-,28-,29+/m0/s1. The maximum atomic E-state index is 13.1. The molecule has 0 aromatic carbocycles. The normalized spacial score (nSPS) is 41.5. The van der Waals surface area contributed by atoms with Crippen molar-refractivity contribution in [3.63, 3.8) is 0 Å². The van der Waals surface area contributed by atoms with Crippen molar-refractivity contribution in [3.8, 4) is 0 Å². The number of ketones is 1. The SMILES string of the molecule is CC(=O)O[C@@H]1CC[C@@]2(C)C(=CC[C@H]3[C@@H]4CC[C@H]([C@H](C)C(=O)/C=C(\N)C(C)C)[C@@]4(C)CC[C@@H]32)C1. The maximum absolute atomic E-state index is 13.1. The number of esters is 1. The molecule has 0 aliphatic heterocycles. The first kappa shape index (κ1) is 24.5. The minimum atomic E-state index is -0.156. The average molecular weight is 456 g/mol. The number of rotatable bonds is 5. The summed E-state index contributed by atoms with van der Waals surface area (Å²) in [5.74, 6) is 2.89. The lowest BCUT2D eigenvalue weighted by Crippen LogP contribution is -2.51. The smallest absolute Gasteiger partial charge is 0.302 e. The lowest BCUT2D eigenvalue weighted by Gasteiger charge is -2.58. The zero-order valence-electron chi connectivity index (χ0n) is 21.7. The number of ether oxygens (including phenoxy) is 1. The third kappa shape index (κ3) is 4.21. The van der Waals surface area contributed by atoms with Gasteiger partial charge in [-0.05, 0) is 85.4 Å². The van der Waals surface area contributed by atoms with Crippen LogP contribution in [0.5, 0.6) is 0 Å². The van der Waals surface area contributed by atoms with E-state index >= 15 is 0 Å². The van der Waals surface area contributed by atoms with Crippen LogP contribution in [-0.2, 0) is 14.3 Å². The van der Waals surface area contributed by atoms with Gasteiger partial charge in [0, 0.05) is 31.0 Å². The Morgan fingerprint density at radius 1 is 1.09 bits per heavy atom. The van der Waals surface area contributed by atoms with Crippen molar-refractivity contribution in [3.05, 3.63) is 23.4 Å². The molecule has 33 heavy (non-hydrogen) atoms. The quantitative estimate of drug-likeness (QED) is 0.304. The molecule has 0 unspecified atom stereocenters. The lowest BCUT2D eigenvalue weighted by molar-refractivity contribution is -0.148. The van der Waals surface area contributed by atoms with Crippen LogP contribution in [0.1, 0.15) is 92.9 Å². The van der Waals surface area contributed by atoms with Crippen LogP contribution in [0.3, 0.4) is 0 Å². The van der Waals surface area contributed by atoms with E-state index in [0.29, 0.717) is 23.5 Å². The first-order valence-electron chi connectivity index (χ1n) is 13.3. The van der Waals surface area contributed by atoms with E-state index in [9.17, 15) is 9.59 Å². The van der Waals surface area contributed by atoms with Gasteiger partial charge in [0.1, 0.15) is 6.10 Å². The highest BCUT2D eigenvalue weighted by Crippen LogP contribution is 2.67. The zero-order valence-corrected chi connectivity index (χ0v) is 21.7. The van der Waals surface area contributed by atoms with Gasteiger partial charge in [0.2, 0.25) is 0 Å². The highest BCUT2D eigenvalue weighted by Gasteiger charge is 2.59. The molecular formula is C29H45NO3. The topological polar surface area (TPSA) is 69.4 Å². The highest BCUT2D eigenvalue weighted by atomic mass is 16.5. The molecule has 0 amide bonds. The molecule has 4 heteroatoms. The summed E-state index contributed by atoms with van der Waals surface area (Å²) < 4.78 is 5.59. The summed E-state index contributed by atoms with van der Waals surface area (Å²) >= 11 is 0. The van der Waals surface area contributed by atoms with E-state index in [1.165, 1.54) is 31.8 Å². The monoisotopic (exact) mass is 455 g/mol. The van der Waals surface area contributed by atoms with Crippen LogP contribution in [-0.4, -0.2) is 17.9 Å². The first-order chi connectivity index (χ1) is 15.5. The maximum Gasteiger partial charge on any atom is 0.302 e. The molecule has 0 aromatic heterocycles. The van der Waals surface area contributed by atoms with Crippen molar-refractivity contribution >= 4 is 11.8 Å². The molecule has 4 aliphatic rings. The molecule has 0 aromatic rings. The highest BCUT2D eigenvalue weighted by molar-refractivity contribution is 5.92. The number of carbonyl (C=O) groups is 2. The molecule has 184 valence electrons. The summed E-state index contributed by atoms with van der Waals surface area (Å²) in [4.78, 5) is 24.6. The van der Waals surface area contributed by atoms with Crippen LogP contribution in [0.15, 0.2) is 23.4 Å². The van der Waals surface area contributed by atoms with Crippen molar-refractivity contribution in [1.82, 2.24) is 0 Å². The van der Waals surface area contributed by atoms with Crippen molar-refractivity contribution in [2.24, 2.45) is 52.1 Å². The van der Waals surface area contributed by atoms with E-state index in [1.54, 1.807) is 6.08 Å². The van der Waals surface area contributed by atoms with E-state index < -0.39 is 0 Å². The Balaban J connectivity index is 1.52. The van der Waals surface area contributed by atoms with Gasteiger partial charge in [-0.25, -0.2) is 0 Å². The molecule has 4 nitrogen and oxygen atoms in total. The fourth-order valence-electron chi connectivity index (χ4n) is 8.49. The molecule has 0 spiro atoms. The molecule has 3 fully saturated rings. The Labute approximate surface area is 200 Å². The molecule has 0 heterocycles. The van der Waals surface area contributed by atoms with Crippen molar-refractivity contribution < 1.29 is 14.3 Å². The van der Waals surface area contributed by atoms with Gasteiger partial charge in [-0.1, -0.05) is 46.3 Å². The van der Waals surface area contributed by atoms with Gasteiger partial charge in [-0.3, -0.25) is 9.59 Å². The van der Waals surface area contributed by atoms with Crippen LogP contribution < -0.4 is 5.73 Å². The summed E-state index contributed by atoms with van der Waals surface area (Å²) in [6.45, 7) is 12.7. The molecule has 3 saturated carbocycles. The largest absolute Gasteiger partial charge is 0.462 e. The second kappa shape index (κ2) is 8.89. The number of allylic oxidation sites excluding steroid dienone is 3. The van der Waals surface area contributed by atoms with Gasteiger partial charge < -0.3 is 10.5 Å². The molecule has 8 atom stereocenters. The van der Waals surface area contributed by atoms with E-state index in [2.05, 4.69) is 26.8 Å². The lowest BCUT2D eigenvalue weighted by atomic mass is 9.47. The molecule has 0 saturated heterocycles. The first-order valence-corrected chi connectivity index (χ1v) is 13.3. The third-order valence-corrected chi connectivity index (χ3v) is 10.5. The number of hydrogen-bond donors (Lipinski definition) is 1. The predicted octanol–water partition coefficient (Wildman–Crippen LogP) is 6.20. The summed E-state index contributed by atoms with van der Waals surface area (Å²) in [5, 5.41) is 0. The molecular weight excluding hydrogens is 410 g/mol. The molecule has 2 N–H and O–H groups in total. The van der Waals surface area contributed by atoms with Crippen LogP contribution in [0.4, 0.5) is 0 Å². The van der Waals surface area contributed by atoms with Crippen LogP contribution in [0.25, 0.3) is 0 Å². The molecule has 0 radical (unpaired) electrons. The van der Waals surface area contributed by atoms with Crippen molar-refractivity contribution in [2.45, 2.75) is 99.0 Å². The van der Waals surface area contributed by atoms with Gasteiger partial charge >= 0.3 is 5.97 Å². The minimum absolute atomic E-state index is 0.0401. The number of hydrogen-bond acceptors (Lipinski definition) is 4. The third-order valence-electron chi connectivity index (χ3n) is 10.5. The van der Waals surface area contributed by atoms with Gasteiger partial charge in [0.05, 0.1) is 0 Å². The second-order valence-corrected chi connectivity index (χ2v) is 12.5. The van der Waals surface area contributed by atoms with Gasteiger partial charge in [-0.2, -0.15) is 0 Å². The number of carbonyl (C=O) groups excluding carboxylic acids is 2. The second-order valence-electron chi connectivity index (χ2n) is 12.5. The molecule has 0 bridgehead atoms. The van der Waals surface area contributed by atoms with Crippen molar-refractivity contribution in [1.29, 1.82) is 0 Å². The van der Waals surface area contributed by atoms with Crippen molar-refractivity contribution in [2.75, 3.05) is 0 Å². The van der Waals surface area contributed by atoms with Gasteiger partial charge in [0.25, 0.3) is 0 Å². The van der Waals surface area contributed by atoms with E-state index in [-0.39, 0.29) is 40.5 Å². The van der Waals surface area contributed by atoms with E-state index in [4.69, 9.17) is 10.5 Å². The summed E-state index contributed by atoms with van der Waals surface area (Å²) in [6.07, 6.45) is 13.3. The van der Waals surface area contributed by atoms with Crippen LogP contribution in [0, 0.1) is 46.3 Å². The zero-order chi connectivity index (χ0) is 24.1. The van der Waals surface area contributed by atoms with Crippen LogP contribution >= 0.6 is 0 Å². The summed E-state index contributed by atoms with van der Waals surface area (Å²) in [5.41, 5.74) is 8.86. The van der Waals surface area contributed by atoms with Crippen LogP contribution in [0.2, 0.25) is 0 Å². The number of nitrogens with two attached hydrogens (primary N) is 1. The Kier molecular flexibility index (Phi) is 6.61. The Morgan fingerprint density at radius 2 is 1.82 bits per heavy atom. The fourth-order valence-corrected chi connectivity index (χ4v) is 8.49. The van der Waals surface area contributed by atoms with Gasteiger partial charge in [0.15, 0.2) is 5.78 Å². The Morgan fingerprint density at radius 3 is 2.48 bits per heavy atom. The fraction of sp³-hybridized carbons (Fsp3) is 0.793. The predicted molar refractivity (Wildman–Crippen MR) is 132 cm³/mol.